The molecule has 0 radical (unpaired) electrons. The van der Waals surface area contributed by atoms with Crippen molar-refractivity contribution in [1.29, 1.82) is 0 Å². The van der Waals surface area contributed by atoms with Crippen LogP contribution in [-0.4, -0.2) is 47.0 Å². The number of hydrogen-bond acceptors (Lipinski definition) is 2. The van der Waals surface area contributed by atoms with Crippen molar-refractivity contribution < 1.29 is 4.79 Å². The third-order valence-corrected chi connectivity index (χ3v) is 3.36. The van der Waals surface area contributed by atoms with E-state index in [4.69, 9.17) is 18.0 Å². The van der Waals surface area contributed by atoms with Crippen LogP contribution in [0.5, 0.6) is 0 Å². The highest BCUT2D eigenvalue weighted by Gasteiger charge is 2.20. The topological polar surface area (TPSA) is 49.6 Å². The summed E-state index contributed by atoms with van der Waals surface area (Å²) in [5, 5.41) is 0. The molecular formula is C12H23N3OS. The second-order valence-corrected chi connectivity index (χ2v) is 5.00. The Morgan fingerprint density at radius 2 is 1.88 bits per heavy atom. The van der Waals surface area contributed by atoms with Gasteiger partial charge in [0.1, 0.15) is 0 Å². The van der Waals surface area contributed by atoms with Crippen LogP contribution in [0.1, 0.15) is 39.0 Å². The lowest BCUT2D eigenvalue weighted by atomic mass is 10.2. The van der Waals surface area contributed by atoms with Crippen LogP contribution in [-0.2, 0) is 0 Å². The number of carbonyl (C=O) groups is 1. The van der Waals surface area contributed by atoms with E-state index < -0.39 is 0 Å². The lowest BCUT2D eigenvalue weighted by Gasteiger charge is -2.29. The molecule has 1 saturated heterocycles. The van der Waals surface area contributed by atoms with E-state index in [1.807, 2.05) is 16.7 Å². The molecule has 0 aromatic carbocycles. The average molecular weight is 257 g/mol. The number of rotatable bonds is 4. The monoisotopic (exact) mass is 257 g/mol. The van der Waals surface area contributed by atoms with Gasteiger partial charge < -0.3 is 15.5 Å². The molecule has 0 bridgehead atoms. The van der Waals surface area contributed by atoms with Gasteiger partial charge in [-0.15, -0.1) is 0 Å². The predicted octanol–water partition coefficient (Wildman–Crippen LogP) is 1.98. The molecule has 1 aliphatic rings. The van der Waals surface area contributed by atoms with Gasteiger partial charge >= 0.3 is 6.03 Å². The summed E-state index contributed by atoms with van der Waals surface area (Å²) < 4.78 is 0. The second-order valence-electron chi connectivity index (χ2n) is 4.48. The molecule has 2 amide bonds. The summed E-state index contributed by atoms with van der Waals surface area (Å²) in [7, 11) is 0. The summed E-state index contributed by atoms with van der Waals surface area (Å²) in [5.41, 5.74) is 5.48. The number of urea groups is 1. The Hall–Kier alpha value is -0.840. The first-order chi connectivity index (χ1) is 8.15. The average Bonchev–Trinajstić information content (AvgIpc) is 2.57. The second kappa shape index (κ2) is 7.48. The largest absolute Gasteiger partial charge is 0.393 e. The maximum absolute atomic E-state index is 12.3. The standard InChI is InChI=1S/C12H23N3OS/c1-2-14(10-7-11(13)17)12(16)15-8-5-3-4-6-9-15/h2-10H2,1H3,(H2,13,17). The van der Waals surface area contributed by atoms with Gasteiger partial charge in [0.25, 0.3) is 0 Å². The number of hydrogen-bond donors (Lipinski definition) is 1. The van der Waals surface area contributed by atoms with Gasteiger partial charge in [0.15, 0.2) is 0 Å². The quantitative estimate of drug-likeness (QED) is 0.784. The molecule has 1 heterocycles. The van der Waals surface area contributed by atoms with Crippen LogP contribution in [0.4, 0.5) is 4.79 Å². The van der Waals surface area contributed by atoms with E-state index in [0.717, 1.165) is 32.5 Å². The van der Waals surface area contributed by atoms with E-state index >= 15 is 0 Å². The van der Waals surface area contributed by atoms with Gasteiger partial charge in [-0.25, -0.2) is 4.79 Å². The van der Waals surface area contributed by atoms with Gasteiger partial charge in [0.05, 0.1) is 4.99 Å². The van der Waals surface area contributed by atoms with Crippen LogP contribution < -0.4 is 5.73 Å². The fourth-order valence-corrected chi connectivity index (χ4v) is 2.19. The summed E-state index contributed by atoms with van der Waals surface area (Å²) in [6.07, 6.45) is 5.34. The molecule has 0 aliphatic carbocycles. The lowest BCUT2D eigenvalue weighted by molar-refractivity contribution is 0.158. The van der Waals surface area contributed by atoms with Crippen molar-refractivity contribution in [2.24, 2.45) is 5.73 Å². The van der Waals surface area contributed by atoms with Crippen molar-refractivity contribution in [3.8, 4) is 0 Å². The third kappa shape index (κ3) is 4.89. The maximum Gasteiger partial charge on any atom is 0.319 e. The Balaban J connectivity index is 2.48. The molecule has 0 aromatic heterocycles. The van der Waals surface area contributed by atoms with E-state index in [1.165, 1.54) is 12.8 Å². The molecule has 0 atom stereocenters. The minimum Gasteiger partial charge on any atom is -0.393 e. The zero-order valence-electron chi connectivity index (χ0n) is 10.7. The van der Waals surface area contributed by atoms with E-state index in [2.05, 4.69) is 0 Å². The van der Waals surface area contributed by atoms with Crippen LogP contribution in [0.25, 0.3) is 0 Å². The number of amides is 2. The number of nitrogens with two attached hydrogens (primary N) is 1. The lowest BCUT2D eigenvalue weighted by Crippen LogP contribution is -2.44. The molecule has 5 heteroatoms. The Morgan fingerprint density at radius 3 is 2.35 bits per heavy atom. The Morgan fingerprint density at radius 1 is 1.29 bits per heavy atom. The highest BCUT2D eigenvalue weighted by atomic mass is 32.1. The van der Waals surface area contributed by atoms with Crippen molar-refractivity contribution in [3.63, 3.8) is 0 Å². The molecule has 1 rings (SSSR count). The number of thiocarbonyl (C=S) groups is 1. The van der Waals surface area contributed by atoms with E-state index in [1.54, 1.807) is 0 Å². The zero-order chi connectivity index (χ0) is 12.7. The Labute approximate surface area is 109 Å². The molecule has 0 spiro atoms. The molecular weight excluding hydrogens is 234 g/mol. The van der Waals surface area contributed by atoms with Crippen LogP contribution in [0.15, 0.2) is 0 Å². The third-order valence-electron chi connectivity index (χ3n) is 3.16. The fourth-order valence-electron chi connectivity index (χ4n) is 2.10. The van der Waals surface area contributed by atoms with E-state index in [-0.39, 0.29) is 6.03 Å². The van der Waals surface area contributed by atoms with Crippen LogP contribution in [0, 0.1) is 0 Å². The molecule has 1 fully saturated rings. The maximum atomic E-state index is 12.3. The summed E-state index contributed by atoms with van der Waals surface area (Å²) in [5.74, 6) is 0. The molecule has 17 heavy (non-hydrogen) atoms. The molecule has 1 aliphatic heterocycles. The summed E-state index contributed by atoms with van der Waals surface area (Å²) >= 11 is 4.85. The highest BCUT2D eigenvalue weighted by Crippen LogP contribution is 2.12. The molecule has 98 valence electrons. The predicted molar refractivity (Wildman–Crippen MR) is 74.1 cm³/mol. The van der Waals surface area contributed by atoms with E-state index in [0.29, 0.717) is 18.0 Å². The molecule has 2 N–H and O–H groups in total. The Bertz CT molecular complexity index is 262. The normalized spacial score (nSPS) is 16.4. The van der Waals surface area contributed by atoms with Gasteiger partial charge in [-0.3, -0.25) is 0 Å². The molecule has 4 nitrogen and oxygen atoms in total. The number of likely N-dealkylation sites (tertiary alicyclic amines) is 1. The Kier molecular flexibility index (Phi) is 6.26. The highest BCUT2D eigenvalue weighted by molar-refractivity contribution is 7.80. The first kappa shape index (κ1) is 14.2. The van der Waals surface area contributed by atoms with Crippen LogP contribution in [0.3, 0.4) is 0 Å². The van der Waals surface area contributed by atoms with Crippen LogP contribution >= 0.6 is 12.2 Å². The minimum atomic E-state index is 0.144. The smallest absolute Gasteiger partial charge is 0.319 e. The summed E-state index contributed by atoms with van der Waals surface area (Å²) in [6, 6.07) is 0.144. The first-order valence-electron chi connectivity index (χ1n) is 6.47. The van der Waals surface area contributed by atoms with Gasteiger partial charge in [-0.2, -0.15) is 0 Å². The van der Waals surface area contributed by atoms with Gasteiger partial charge in [0.2, 0.25) is 0 Å². The van der Waals surface area contributed by atoms with Crippen molar-refractivity contribution in [2.75, 3.05) is 26.2 Å². The van der Waals surface area contributed by atoms with E-state index in [9.17, 15) is 4.79 Å². The van der Waals surface area contributed by atoms with Crippen LogP contribution in [0.2, 0.25) is 0 Å². The number of carbonyl (C=O) groups excluding carboxylic acids is 1. The molecule has 0 unspecified atom stereocenters. The zero-order valence-corrected chi connectivity index (χ0v) is 11.5. The first-order valence-corrected chi connectivity index (χ1v) is 6.88. The SMILES string of the molecule is CCN(CCC(N)=S)C(=O)N1CCCCCC1. The van der Waals surface area contributed by atoms with Crippen molar-refractivity contribution in [3.05, 3.63) is 0 Å². The van der Waals surface area contributed by atoms with Gasteiger partial charge in [-0.05, 0) is 19.8 Å². The summed E-state index contributed by atoms with van der Waals surface area (Å²) in [4.78, 5) is 16.5. The minimum absolute atomic E-state index is 0.144. The molecule has 0 saturated carbocycles. The van der Waals surface area contributed by atoms with Crippen molar-refractivity contribution in [2.45, 2.75) is 39.0 Å². The summed E-state index contributed by atoms with van der Waals surface area (Å²) in [6.45, 7) is 5.14. The molecule has 0 aromatic rings. The van der Waals surface area contributed by atoms with Gasteiger partial charge in [0, 0.05) is 32.6 Å². The van der Waals surface area contributed by atoms with Crippen molar-refractivity contribution in [1.82, 2.24) is 9.80 Å². The van der Waals surface area contributed by atoms with Gasteiger partial charge in [-0.1, -0.05) is 25.1 Å². The fraction of sp³-hybridized carbons (Fsp3) is 0.833. The van der Waals surface area contributed by atoms with Crippen molar-refractivity contribution >= 4 is 23.2 Å². The number of nitrogens with zero attached hydrogens (tertiary/aromatic N) is 2.